The molecule has 9 nitrogen and oxygen atoms in total. The number of nitro benzene ring substituents is 2. The van der Waals surface area contributed by atoms with E-state index in [2.05, 4.69) is 4.99 Å². The molecule has 4 aromatic rings. The van der Waals surface area contributed by atoms with Crippen LogP contribution in [0.25, 0.3) is 10.8 Å². The molecule has 0 saturated carbocycles. The zero-order chi connectivity index (χ0) is 23.4. The summed E-state index contributed by atoms with van der Waals surface area (Å²) >= 11 is 0. The molecule has 0 heterocycles. The van der Waals surface area contributed by atoms with Crippen molar-refractivity contribution < 1.29 is 19.3 Å². The van der Waals surface area contributed by atoms with Crippen LogP contribution in [0.5, 0.6) is 17.2 Å². The number of benzene rings is 4. The number of rotatable bonds is 7. The van der Waals surface area contributed by atoms with Gasteiger partial charge in [0.2, 0.25) is 5.75 Å². The molecule has 33 heavy (non-hydrogen) atoms. The number of nitro groups is 2. The van der Waals surface area contributed by atoms with Crippen LogP contribution < -0.4 is 9.47 Å². The average Bonchev–Trinajstić information content (AvgIpc) is 2.83. The van der Waals surface area contributed by atoms with E-state index in [0.717, 1.165) is 22.9 Å². The van der Waals surface area contributed by atoms with E-state index in [9.17, 15) is 20.2 Å². The van der Waals surface area contributed by atoms with Gasteiger partial charge >= 0.3 is 5.69 Å². The Morgan fingerprint density at radius 1 is 0.848 bits per heavy atom. The molecule has 0 amide bonds. The molecule has 0 spiro atoms. The second-order valence-electron chi connectivity index (χ2n) is 6.92. The Labute approximate surface area is 187 Å². The Kier molecular flexibility index (Phi) is 5.94. The van der Waals surface area contributed by atoms with Gasteiger partial charge < -0.3 is 9.47 Å². The van der Waals surface area contributed by atoms with Crippen LogP contribution in [0.2, 0.25) is 0 Å². The van der Waals surface area contributed by atoms with Crippen LogP contribution in [-0.4, -0.2) is 23.2 Å². The third kappa shape index (κ3) is 4.62. The lowest BCUT2D eigenvalue weighted by Gasteiger charge is -2.12. The number of ether oxygens (including phenoxy) is 2. The summed E-state index contributed by atoms with van der Waals surface area (Å²) in [6.07, 6.45) is 1.62. The predicted molar refractivity (Wildman–Crippen MR) is 124 cm³/mol. The first-order valence-electron chi connectivity index (χ1n) is 9.77. The summed E-state index contributed by atoms with van der Waals surface area (Å²) in [6.45, 7) is 0. The van der Waals surface area contributed by atoms with Gasteiger partial charge in [0.1, 0.15) is 11.5 Å². The minimum absolute atomic E-state index is 0.111. The number of nitrogens with zero attached hydrogens (tertiary/aromatic N) is 3. The average molecular weight is 443 g/mol. The largest absolute Gasteiger partial charge is 0.497 e. The molecule has 9 heteroatoms. The lowest BCUT2D eigenvalue weighted by molar-refractivity contribution is -0.394. The van der Waals surface area contributed by atoms with E-state index in [1.165, 1.54) is 6.07 Å². The van der Waals surface area contributed by atoms with Crippen molar-refractivity contribution in [1.82, 2.24) is 0 Å². The van der Waals surface area contributed by atoms with Gasteiger partial charge in [-0.05, 0) is 47.2 Å². The molecule has 0 unspecified atom stereocenters. The third-order valence-electron chi connectivity index (χ3n) is 4.92. The highest BCUT2D eigenvalue weighted by atomic mass is 16.6. The zero-order valence-electron chi connectivity index (χ0n) is 17.4. The Bertz CT molecular complexity index is 1380. The van der Waals surface area contributed by atoms with Gasteiger partial charge in [-0.15, -0.1) is 0 Å². The van der Waals surface area contributed by atoms with Crippen molar-refractivity contribution in [1.29, 1.82) is 0 Å². The second kappa shape index (κ2) is 9.15. The normalized spacial score (nSPS) is 10.9. The molecule has 164 valence electrons. The highest BCUT2D eigenvalue weighted by molar-refractivity contribution is 6.03. The van der Waals surface area contributed by atoms with Gasteiger partial charge in [-0.3, -0.25) is 25.2 Å². The van der Waals surface area contributed by atoms with E-state index in [-0.39, 0.29) is 5.75 Å². The zero-order valence-corrected chi connectivity index (χ0v) is 17.4. The molecule has 0 aliphatic rings. The molecule has 0 radical (unpaired) electrons. The summed E-state index contributed by atoms with van der Waals surface area (Å²) in [5.74, 6) is 0.913. The van der Waals surface area contributed by atoms with Gasteiger partial charge in [0.15, 0.2) is 0 Å². The molecule has 4 rings (SSSR count). The Hall–Kier alpha value is -4.79. The van der Waals surface area contributed by atoms with Gasteiger partial charge in [-0.2, -0.15) is 0 Å². The van der Waals surface area contributed by atoms with Gasteiger partial charge in [0.05, 0.1) is 28.7 Å². The molecular weight excluding hydrogens is 426 g/mol. The third-order valence-corrected chi connectivity index (χ3v) is 4.92. The fourth-order valence-corrected chi connectivity index (χ4v) is 3.27. The molecule has 0 fully saturated rings. The van der Waals surface area contributed by atoms with E-state index in [1.54, 1.807) is 43.7 Å². The Morgan fingerprint density at radius 3 is 2.27 bits per heavy atom. The van der Waals surface area contributed by atoms with Crippen LogP contribution in [0.3, 0.4) is 0 Å². The fourth-order valence-electron chi connectivity index (χ4n) is 3.27. The van der Waals surface area contributed by atoms with Crippen molar-refractivity contribution in [2.24, 2.45) is 4.99 Å². The van der Waals surface area contributed by atoms with Crippen molar-refractivity contribution >= 4 is 34.0 Å². The van der Waals surface area contributed by atoms with Crippen molar-refractivity contribution in [3.05, 3.63) is 105 Å². The molecular formula is C24H17N3O6. The van der Waals surface area contributed by atoms with Gasteiger partial charge in [-0.1, -0.05) is 30.3 Å². The van der Waals surface area contributed by atoms with Crippen LogP contribution in [-0.2, 0) is 0 Å². The summed E-state index contributed by atoms with van der Waals surface area (Å²) in [7, 11) is 1.58. The van der Waals surface area contributed by atoms with Crippen LogP contribution >= 0.6 is 0 Å². The quantitative estimate of drug-likeness (QED) is 0.190. The summed E-state index contributed by atoms with van der Waals surface area (Å²) in [4.78, 5) is 25.6. The summed E-state index contributed by atoms with van der Waals surface area (Å²) in [6, 6.07) is 21.5. The van der Waals surface area contributed by atoms with Crippen molar-refractivity contribution in [3.8, 4) is 17.2 Å². The second-order valence-corrected chi connectivity index (χ2v) is 6.92. The number of fused-ring (bicyclic) bond motifs is 1. The van der Waals surface area contributed by atoms with Gasteiger partial charge in [0.25, 0.3) is 5.69 Å². The fraction of sp³-hybridized carbons (Fsp3) is 0.0417. The summed E-state index contributed by atoms with van der Waals surface area (Å²) in [5, 5.41) is 24.3. The molecule has 0 aliphatic carbocycles. The molecule has 0 bridgehead atoms. The number of methoxy groups -OCH3 is 1. The van der Waals surface area contributed by atoms with Gasteiger partial charge in [-0.25, -0.2) is 0 Å². The van der Waals surface area contributed by atoms with Crippen LogP contribution in [0.1, 0.15) is 5.56 Å². The molecule has 0 atom stereocenters. The first kappa shape index (κ1) is 21.4. The smallest absolute Gasteiger partial charge is 0.318 e. The molecule has 4 aromatic carbocycles. The van der Waals surface area contributed by atoms with Crippen LogP contribution in [0.15, 0.2) is 83.9 Å². The Balaban J connectivity index is 1.79. The summed E-state index contributed by atoms with van der Waals surface area (Å²) in [5.41, 5.74) is 0.386. The van der Waals surface area contributed by atoms with Crippen molar-refractivity contribution in [3.63, 3.8) is 0 Å². The standard InChI is InChI=1S/C24H17N3O6/c1-32-19-10-7-17(8-11-19)25-15-21-20-5-3-2-4-16(20)6-12-23(21)33-24-13-9-18(26(28)29)14-22(24)27(30)31/h2-15H,1H3. The Morgan fingerprint density at radius 2 is 1.58 bits per heavy atom. The van der Waals surface area contributed by atoms with E-state index in [0.29, 0.717) is 22.7 Å². The SMILES string of the molecule is COc1ccc(N=Cc2c(Oc3ccc([N+](=O)[O-])cc3[N+](=O)[O-])ccc3ccccc23)cc1. The van der Waals surface area contributed by atoms with E-state index in [4.69, 9.17) is 9.47 Å². The van der Waals surface area contributed by atoms with E-state index < -0.39 is 21.2 Å². The predicted octanol–water partition coefficient (Wildman–Crippen LogP) is 6.21. The first-order valence-corrected chi connectivity index (χ1v) is 9.77. The van der Waals surface area contributed by atoms with Crippen molar-refractivity contribution in [2.45, 2.75) is 0 Å². The minimum atomic E-state index is -0.714. The topological polar surface area (TPSA) is 117 Å². The highest BCUT2D eigenvalue weighted by Crippen LogP contribution is 2.37. The van der Waals surface area contributed by atoms with Crippen molar-refractivity contribution in [2.75, 3.05) is 7.11 Å². The number of hydrogen-bond acceptors (Lipinski definition) is 7. The van der Waals surface area contributed by atoms with Crippen LogP contribution in [0, 0.1) is 20.2 Å². The number of non-ortho nitro benzene ring substituents is 1. The lowest BCUT2D eigenvalue weighted by Crippen LogP contribution is -1.98. The maximum atomic E-state index is 11.5. The highest BCUT2D eigenvalue weighted by Gasteiger charge is 2.22. The van der Waals surface area contributed by atoms with E-state index >= 15 is 0 Å². The summed E-state index contributed by atoms with van der Waals surface area (Å²) < 4.78 is 11.1. The maximum Gasteiger partial charge on any atom is 0.318 e. The lowest BCUT2D eigenvalue weighted by atomic mass is 10.0. The van der Waals surface area contributed by atoms with Gasteiger partial charge in [0, 0.05) is 17.8 Å². The molecule has 0 saturated heterocycles. The minimum Gasteiger partial charge on any atom is -0.497 e. The molecule has 0 aromatic heterocycles. The molecule has 0 N–H and O–H groups in total. The number of aliphatic imine (C=N–C) groups is 1. The molecule has 0 aliphatic heterocycles. The van der Waals surface area contributed by atoms with Crippen LogP contribution in [0.4, 0.5) is 17.1 Å². The number of hydrogen-bond donors (Lipinski definition) is 0. The van der Waals surface area contributed by atoms with E-state index in [1.807, 2.05) is 30.3 Å². The maximum absolute atomic E-state index is 11.5. The first-order chi connectivity index (χ1) is 16.0. The monoisotopic (exact) mass is 443 g/mol.